The average molecular weight is 371 g/mol. The molecule has 9 nitrogen and oxygen atoms in total. The summed E-state index contributed by atoms with van der Waals surface area (Å²) < 4.78 is 5.44. The Morgan fingerprint density at radius 1 is 1.11 bits per heavy atom. The summed E-state index contributed by atoms with van der Waals surface area (Å²) in [5.41, 5.74) is 1.79. The Morgan fingerprint density at radius 3 is 2.33 bits per heavy atom. The van der Waals surface area contributed by atoms with Crippen molar-refractivity contribution in [3.05, 3.63) is 66.0 Å². The monoisotopic (exact) mass is 371 g/mol. The maximum Gasteiger partial charge on any atom is 0.414 e. The van der Waals surface area contributed by atoms with Crippen molar-refractivity contribution in [1.29, 1.82) is 0 Å². The number of carboxylic acids is 2. The van der Waals surface area contributed by atoms with Gasteiger partial charge in [0.05, 0.1) is 6.04 Å². The van der Waals surface area contributed by atoms with Crippen molar-refractivity contribution in [3.8, 4) is 0 Å². The number of rotatable bonds is 3. The number of hydrogen-bond donors (Lipinski definition) is 2. The predicted molar refractivity (Wildman–Crippen MR) is 93.7 cm³/mol. The summed E-state index contributed by atoms with van der Waals surface area (Å²) in [5.74, 6) is -3.35. The van der Waals surface area contributed by atoms with E-state index in [1.165, 1.54) is 5.01 Å². The number of amides is 1. The lowest BCUT2D eigenvalue weighted by molar-refractivity contribution is -0.159. The molecular formula is C18H17N3O6. The van der Waals surface area contributed by atoms with Gasteiger partial charge in [-0.25, -0.2) is 14.6 Å². The highest BCUT2D eigenvalue weighted by molar-refractivity contribution is 6.27. The Hall–Kier alpha value is -3.75. The Morgan fingerprint density at radius 2 is 1.78 bits per heavy atom. The molecule has 1 aliphatic rings. The lowest BCUT2D eigenvalue weighted by Gasteiger charge is -2.28. The molecule has 0 aliphatic carbocycles. The average Bonchev–Trinajstić information content (AvgIpc) is 2.69. The van der Waals surface area contributed by atoms with Crippen molar-refractivity contribution in [2.75, 3.05) is 6.61 Å². The zero-order valence-electron chi connectivity index (χ0n) is 14.3. The molecule has 0 bridgehead atoms. The molecule has 27 heavy (non-hydrogen) atoms. The molecule has 140 valence electrons. The SMILES string of the molecule is CC(c1cccnc1)N1N=C(c2ccccc2)OCC1=O.O=C(O)C(=O)O. The fourth-order valence-corrected chi connectivity index (χ4v) is 2.17. The van der Waals surface area contributed by atoms with Crippen molar-refractivity contribution in [2.24, 2.45) is 5.10 Å². The topological polar surface area (TPSA) is 129 Å². The van der Waals surface area contributed by atoms with Crippen molar-refractivity contribution in [2.45, 2.75) is 13.0 Å². The van der Waals surface area contributed by atoms with Crippen LogP contribution in [-0.2, 0) is 19.1 Å². The summed E-state index contributed by atoms with van der Waals surface area (Å²) in [6, 6.07) is 13.1. The number of aromatic nitrogens is 1. The summed E-state index contributed by atoms with van der Waals surface area (Å²) in [7, 11) is 0. The highest BCUT2D eigenvalue weighted by Gasteiger charge is 2.27. The summed E-state index contributed by atoms with van der Waals surface area (Å²) in [6.45, 7) is 1.92. The number of hydrogen-bond acceptors (Lipinski definition) is 6. The quantitative estimate of drug-likeness (QED) is 0.782. The molecule has 0 fully saturated rings. The molecular weight excluding hydrogens is 354 g/mol. The molecule has 1 aliphatic heterocycles. The van der Waals surface area contributed by atoms with Crippen LogP contribution in [0.2, 0.25) is 0 Å². The molecule has 2 aromatic rings. The second kappa shape index (κ2) is 9.09. The summed E-state index contributed by atoms with van der Waals surface area (Å²) in [4.78, 5) is 34.3. The van der Waals surface area contributed by atoms with E-state index in [0.717, 1.165) is 11.1 Å². The molecule has 0 radical (unpaired) electrons. The third-order valence-corrected chi connectivity index (χ3v) is 3.52. The van der Waals surface area contributed by atoms with Crippen LogP contribution < -0.4 is 0 Å². The van der Waals surface area contributed by atoms with Crippen molar-refractivity contribution in [3.63, 3.8) is 0 Å². The first kappa shape index (κ1) is 19.6. The minimum atomic E-state index is -1.82. The lowest BCUT2D eigenvalue weighted by Crippen LogP contribution is -2.38. The largest absolute Gasteiger partial charge is 0.473 e. The van der Waals surface area contributed by atoms with Gasteiger partial charge in [0.15, 0.2) is 6.61 Å². The fraction of sp³-hybridized carbons (Fsp3) is 0.167. The van der Waals surface area contributed by atoms with E-state index >= 15 is 0 Å². The Balaban J connectivity index is 0.000000380. The van der Waals surface area contributed by atoms with E-state index in [4.69, 9.17) is 24.5 Å². The summed E-state index contributed by atoms with van der Waals surface area (Å²) in [6.07, 6.45) is 3.45. The highest BCUT2D eigenvalue weighted by Crippen LogP contribution is 2.22. The number of carbonyl (C=O) groups is 3. The van der Waals surface area contributed by atoms with Gasteiger partial charge in [-0.3, -0.25) is 9.78 Å². The molecule has 0 spiro atoms. The number of carbonyl (C=O) groups excluding carboxylic acids is 1. The molecule has 1 aromatic heterocycles. The van der Waals surface area contributed by atoms with Crippen molar-refractivity contribution >= 4 is 23.7 Å². The molecule has 1 aromatic carbocycles. The molecule has 9 heteroatoms. The summed E-state index contributed by atoms with van der Waals surface area (Å²) >= 11 is 0. The van der Waals surface area contributed by atoms with Crippen LogP contribution in [0.1, 0.15) is 24.1 Å². The van der Waals surface area contributed by atoms with Crippen LogP contribution in [0.5, 0.6) is 0 Å². The smallest absolute Gasteiger partial charge is 0.414 e. The van der Waals surface area contributed by atoms with Gasteiger partial charge in [0.1, 0.15) is 0 Å². The van der Waals surface area contributed by atoms with E-state index in [1.54, 1.807) is 12.4 Å². The van der Waals surface area contributed by atoms with Crippen molar-refractivity contribution in [1.82, 2.24) is 9.99 Å². The minimum absolute atomic E-state index is 0.00166. The van der Waals surface area contributed by atoms with Crippen LogP contribution in [0.25, 0.3) is 0 Å². The normalized spacial score (nSPS) is 14.2. The van der Waals surface area contributed by atoms with Gasteiger partial charge in [0.25, 0.3) is 5.91 Å². The molecule has 0 saturated carbocycles. The first-order chi connectivity index (χ1) is 12.9. The van der Waals surface area contributed by atoms with Crippen molar-refractivity contribution < 1.29 is 29.3 Å². The van der Waals surface area contributed by atoms with E-state index in [9.17, 15) is 4.79 Å². The van der Waals surface area contributed by atoms with E-state index in [1.807, 2.05) is 49.4 Å². The Kier molecular flexibility index (Phi) is 6.59. The van der Waals surface area contributed by atoms with Gasteiger partial charge in [0.2, 0.25) is 5.90 Å². The van der Waals surface area contributed by atoms with E-state index < -0.39 is 11.9 Å². The van der Waals surface area contributed by atoms with Gasteiger partial charge >= 0.3 is 11.9 Å². The Bertz CT molecular complexity index is 827. The molecule has 2 N–H and O–H groups in total. The van der Waals surface area contributed by atoms with Gasteiger partial charge in [-0.2, -0.15) is 0 Å². The van der Waals surface area contributed by atoms with E-state index in [0.29, 0.717) is 5.90 Å². The molecule has 0 saturated heterocycles. The Labute approximate surface area is 154 Å². The molecule has 1 atom stereocenters. The number of aliphatic carboxylic acids is 2. The second-order valence-corrected chi connectivity index (χ2v) is 5.37. The number of hydrazone groups is 1. The standard InChI is InChI=1S/C16H15N3O2.C2H2O4/c1-12(14-8-5-9-17-10-14)19-15(20)11-21-16(18-19)13-6-3-2-4-7-13;3-1(4)2(5)6/h2-10,12H,11H2,1H3;(H,3,4)(H,5,6). The maximum atomic E-state index is 12.1. The second-order valence-electron chi connectivity index (χ2n) is 5.37. The molecule has 1 unspecified atom stereocenters. The predicted octanol–water partition coefficient (Wildman–Crippen LogP) is 1.52. The first-order valence-corrected chi connectivity index (χ1v) is 7.85. The van der Waals surface area contributed by atoms with Gasteiger partial charge in [-0.15, -0.1) is 5.10 Å². The van der Waals surface area contributed by atoms with Crippen LogP contribution in [-0.4, -0.2) is 50.6 Å². The fourth-order valence-electron chi connectivity index (χ4n) is 2.17. The molecule has 3 rings (SSSR count). The van der Waals surface area contributed by atoms with E-state index in [2.05, 4.69) is 10.1 Å². The maximum absolute atomic E-state index is 12.1. The molecule has 1 amide bonds. The van der Waals surface area contributed by atoms with Gasteiger partial charge in [-0.05, 0) is 30.7 Å². The van der Waals surface area contributed by atoms with Gasteiger partial charge < -0.3 is 14.9 Å². The van der Waals surface area contributed by atoms with Crippen LogP contribution >= 0.6 is 0 Å². The highest BCUT2D eigenvalue weighted by atomic mass is 16.5. The minimum Gasteiger partial charge on any atom is -0.473 e. The number of ether oxygens (including phenoxy) is 1. The number of nitrogens with zero attached hydrogens (tertiary/aromatic N) is 3. The lowest BCUT2D eigenvalue weighted by atomic mass is 10.1. The zero-order chi connectivity index (χ0) is 19.8. The van der Waals surface area contributed by atoms with Gasteiger partial charge in [0, 0.05) is 18.0 Å². The van der Waals surface area contributed by atoms with Gasteiger partial charge in [-0.1, -0.05) is 24.3 Å². The number of carboxylic acid groups (broad SMARTS) is 2. The van der Waals surface area contributed by atoms with Crippen LogP contribution in [0.4, 0.5) is 0 Å². The van der Waals surface area contributed by atoms with Crippen LogP contribution in [0.3, 0.4) is 0 Å². The molecule has 2 heterocycles. The number of benzene rings is 1. The third-order valence-electron chi connectivity index (χ3n) is 3.52. The summed E-state index contributed by atoms with van der Waals surface area (Å²) in [5, 5.41) is 20.6. The third kappa shape index (κ3) is 5.36. The zero-order valence-corrected chi connectivity index (χ0v) is 14.3. The van der Waals surface area contributed by atoms with Crippen LogP contribution in [0.15, 0.2) is 60.0 Å². The van der Waals surface area contributed by atoms with E-state index in [-0.39, 0.29) is 18.6 Å². The first-order valence-electron chi connectivity index (χ1n) is 7.85. The van der Waals surface area contributed by atoms with Crippen LogP contribution in [0, 0.1) is 0 Å². The number of pyridine rings is 1.